The van der Waals surface area contributed by atoms with Crippen LogP contribution in [0.15, 0.2) is 24.3 Å². The van der Waals surface area contributed by atoms with E-state index in [1.165, 1.54) is 30.2 Å². The SMILES string of the molecule is CC(C)O.CC(C)O.CC(C)O.C[C-](C)C.O=C(O)Cc1ccc(F)cc1.[Ti]. The molecule has 0 aliphatic heterocycles. The predicted octanol–water partition coefficient (Wildman–Crippen LogP) is 4.23. The number of rotatable bonds is 2. The Hall–Kier alpha value is -0.786. The summed E-state index contributed by atoms with van der Waals surface area (Å²) >= 11 is 0. The second-order valence-electron chi connectivity index (χ2n) is 6.98. The first kappa shape index (κ1) is 37.9. The Kier molecular flexibility index (Phi) is 35.5. The van der Waals surface area contributed by atoms with Gasteiger partial charge in [-0.05, 0) is 59.2 Å². The van der Waals surface area contributed by atoms with E-state index in [0.29, 0.717) is 5.56 Å². The fraction of sp³-hybridized carbons (Fsp3) is 0.619. The first-order valence-corrected chi connectivity index (χ1v) is 8.88. The van der Waals surface area contributed by atoms with Gasteiger partial charge in [0, 0.05) is 40.0 Å². The molecule has 0 radical (unpaired) electrons. The molecule has 0 aromatic heterocycles. The van der Waals surface area contributed by atoms with Crippen LogP contribution < -0.4 is 0 Å². The van der Waals surface area contributed by atoms with Gasteiger partial charge in [-0.15, -0.1) is 0 Å². The van der Waals surface area contributed by atoms with Crippen molar-refractivity contribution in [2.75, 3.05) is 0 Å². The summed E-state index contributed by atoms with van der Waals surface area (Å²) in [7, 11) is 0. The second kappa shape index (κ2) is 26.2. The summed E-state index contributed by atoms with van der Waals surface area (Å²) in [5.74, 6) is 0.163. The Morgan fingerprint density at radius 3 is 1.25 bits per heavy atom. The van der Waals surface area contributed by atoms with Crippen LogP contribution in [-0.4, -0.2) is 44.7 Å². The fourth-order valence-corrected chi connectivity index (χ4v) is 0.777. The number of carboxylic acid groups (broad SMARTS) is 1. The Bertz CT molecular complexity index is 386. The molecular formula is C21H40FO5Ti-. The molecule has 0 saturated carbocycles. The van der Waals surface area contributed by atoms with E-state index in [4.69, 9.17) is 20.4 Å². The normalized spacial score (nSPS) is 8.89. The van der Waals surface area contributed by atoms with Crippen molar-refractivity contribution >= 4 is 5.97 Å². The number of benzene rings is 1. The van der Waals surface area contributed by atoms with E-state index in [1.54, 1.807) is 41.5 Å². The maximum absolute atomic E-state index is 12.3. The Morgan fingerprint density at radius 2 is 1.07 bits per heavy atom. The first-order chi connectivity index (χ1) is 12.1. The number of carboxylic acids is 1. The molecule has 166 valence electrons. The molecule has 7 heteroatoms. The number of aliphatic hydroxyl groups excluding tert-OH is 3. The van der Waals surface area contributed by atoms with Crippen molar-refractivity contribution in [1.29, 1.82) is 0 Å². The maximum Gasteiger partial charge on any atom is 0.307 e. The summed E-state index contributed by atoms with van der Waals surface area (Å²) in [6.45, 7) is 16.6. The van der Waals surface area contributed by atoms with Gasteiger partial charge in [-0.25, -0.2) is 4.39 Å². The Balaban J connectivity index is -0.0000000879. The molecule has 0 amide bonds. The van der Waals surface area contributed by atoms with Crippen molar-refractivity contribution in [2.45, 2.75) is 87.0 Å². The Morgan fingerprint density at radius 1 is 0.857 bits per heavy atom. The molecule has 0 bridgehead atoms. The van der Waals surface area contributed by atoms with Crippen molar-refractivity contribution in [3.63, 3.8) is 0 Å². The second-order valence-corrected chi connectivity index (χ2v) is 6.98. The van der Waals surface area contributed by atoms with E-state index >= 15 is 0 Å². The van der Waals surface area contributed by atoms with Crippen molar-refractivity contribution in [3.8, 4) is 0 Å². The van der Waals surface area contributed by atoms with E-state index in [-0.39, 0.29) is 52.3 Å². The van der Waals surface area contributed by atoms with Gasteiger partial charge in [-0.1, -0.05) is 12.1 Å². The molecule has 0 saturated heterocycles. The number of hydrogen-bond acceptors (Lipinski definition) is 4. The minimum atomic E-state index is -0.906. The third-order valence-electron chi connectivity index (χ3n) is 1.27. The first-order valence-electron chi connectivity index (χ1n) is 8.88. The summed E-state index contributed by atoms with van der Waals surface area (Å²) in [6, 6.07) is 5.42. The maximum atomic E-state index is 12.3. The molecule has 0 unspecified atom stereocenters. The van der Waals surface area contributed by atoms with Gasteiger partial charge in [0.05, 0.1) is 6.42 Å². The molecule has 1 rings (SSSR count). The molecule has 4 N–H and O–H groups in total. The van der Waals surface area contributed by atoms with Crippen LogP contribution in [0.4, 0.5) is 4.39 Å². The predicted molar refractivity (Wildman–Crippen MR) is 110 cm³/mol. The van der Waals surface area contributed by atoms with E-state index in [1.807, 2.05) is 0 Å². The van der Waals surface area contributed by atoms with Crippen LogP contribution in [0.1, 0.15) is 67.9 Å². The number of aliphatic carboxylic acids is 1. The molecule has 0 fully saturated rings. The largest absolute Gasteiger partial charge is 0.481 e. The molecule has 5 nitrogen and oxygen atoms in total. The number of aliphatic hydroxyl groups is 3. The average Bonchev–Trinajstić information content (AvgIpc) is 2.38. The summed E-state index contributed by atoms with van der Waals surface area (Å²) < 4.78 is 12.3. The summed E-state index contributed by atoms with van der Waals surface area (Å²) in [4.78, 5) is 10.2. The third-order valence-corrected chi connectivity index (χ3v) is 1.27. The van der Waals surface area contributed by atoms with Crippen molar-refractivity contribution in [1.82, 2.24) is 0 Å². The Labute approximate surface area is 185 Å². The van der Waals surface area contributed by atoms with Crippen molar-refractivity contribution < 1.29 is 51.3 Å². The zero-order valence-electron chi connectivity index (χ0n) is 18.8. The van der Waals surface area contributed by atoms with Gasteiger partial charge in [0.15, 0.2) is 0 Å². The van der Waals surface area contributed by atoms with Crippen molar-refractivity contribution in [2.24, 2.45) is 0 Å². The number of carbonyl (C=O) groups is 1. The summed E-state index contributed by atoms with van der Waals surface area (Å²) in [5.41, 5.74) is 0.610. The van der Waals surface area contributed by atoms with E-state index < -0.39 is 5.97 Å². The quantitative estimate of drug-likeness (QED) is 0.408. The van der Waals surface area contributed by atoms with Crippen molar-refractivity contribution in [3.05, 3.63) is 41.6 Å². The molecule has 1 aromatic rings. The van der Waals surface area contributed by atoms with Gasteiger partial charge >= 0.3 is 5.97 Å². The number of halogens is 1. The van der Waals surface area contributed by atoms with Gasteiger partial charge in [-0.2, -0.15) is 20.8 Å². The summed E-state index contributed by atoms with van der Waals surface area (Å²) in [6.07, 6.45) is -0.555. The molecule has 1 aromatic carbocycles. The van der Waals surface area contributed by atoms with Gasteiger partial charge in [-0.3, -0.25) is 4.79 Å². The van der Waals surface area contributed by atoms with E-state index in [0.717, 1.165) is 0 Å². The van der Waals surface area contributed by atoms with E-state index in [9.17, 15) is 9.18 Å². The van der Waals surface area contributed by atoms with Crippen LogP contribution >= 0.6 is 0 Å². The standard InChI is InChI=1S/C8H7FO2.C4H9.3C3H8O.Ti/c9-7-3-1-6(2-4-7)5-8(10)11;1-4(2)3;3*1-3(2)4;/h1-4H,5H2,(H,10,11);1-3H3;3*3-4H,1-2H3;/q;-1;;;;. The molecule has 0 aliphatic carbocycles. The fourth-order valence-electron chi connectivity index (χ4n) is 0.777. The van der Waals surface area contributed by atoms with Gasteiger partial charge in [0.2, 0.25) is 0 Å². The molecule has 0 atom stereocenters. The molecule has 28 heavy (non-hydrogen) atoms. The third kappa shape index (κ3) is 84.7. The van der Waals surface area contributed by atoms with E-state index in [2.05, 4.69) is 20.8 Å². The van der Waals surface area contributed by atoms with Gasteiger partial charge in [0.1, 0.15) is 5.82 Å². The molecular weight excluding hydrogens is 399 g/mol. The average molecular weight is 439 g/mol. The smallest absolute Gasteiger partial charge is 0.307 e. The van der Waals surface area contributed by atoms with Crippen LogP contribution in [0.3, 0.4) is 0 Å². The minimum absolute atomic E-state index is 0. The van der Waals surface area contributed by atoms with Gasteiger partial charge < -0.3 is 26.3 Å². The molecule has 0 aliphatic rings. The topological polar surface area (TPSA) is 98.0 Å². The minimum Gasteiger partial charge on any atom is -0.481 e. The van der Waals surface area contributed by atoms with Crippen LogP contribution in [0, 0.1) is 11.7 Å². The molecule has 0 heterocycles. The molecule has 0 spiro atoms. The number of hydrogen-bond donors (Lipinski definition) is 4. The van der Waals surface area contributed by atoms with Crippen LogP contribution in [-0.2, 0) is 32.9 Å². The van der Waals surface area contributed by atoms with Crippen LogP contribution in [0.5, 0.6) is 0 Å². The van der Waals surface area contributed by atoms with Gasteiger partial charge in [0.25, 0.3) is 0 Å². The van der Waals surface area contributed by atoms with Crippen LogP contribution in [0.2, 0.25) is 0 Å². The van der Waals surface area contributed by atoms with Crippen LogP contribution in [0.25, 0.3) is 0 Å². The zero-order valence-corrected chi connectivity index (χ0v) is 20.4. The zero-order chi connectivity index (χ0) is 22.6. The monoisotopic (exact) mass is 439 g/mol. The summed E-state index contributed by atoms with van der Waals surface area (Å²) in [5, 5.41) is 32.5.